The first-order valence-corrected chi connectivity index (χ1v) is 11.3. The zero-order valence-corrected chi connectivity index (χ0v) is 19.0. The van der Waals surface area contributed by atoms with Gasteiger partial charge in [-0.2, -0.15) is 0 Å². The molecule has 2 aliphatic heterocycles. The number of nitrogens with zero attached hydrogens (tertiary/aromatic N) is 5. The molecule has 2 aromatic heterocycles. The highest BCUT2D eigenvalue weighted by Gasteiger charge is 2.39. The molecular weight excluding hydrogens is 444 g/mol. The summed E-state index contributed by atoms with van der Waals surface area (Å²) in [6.07, 6.45) is 2.96. The Kier molecular flexibility index (Phi) is 5.68. The van der Waals surface area contributed by atoms with E-state index in [1.165, 1.54) is 10.9 Å². The van der Waals surface area contributed by atoms with E-state index in [2.05, 4.69) is 9.88 Å². The smallest absolute Gasteiger partial charge is 0.343 e. The zero-order valence-electron chi connectivity index (χ0n) is 19.0. The van der Waals surface area contributed by atoms with Crippen molar-refractivity contribution in [3.05, 3.63) is 69.8 Å². The largest absolute Gasteiger partial charge is 0.462 e. The first-order chi connectivity index (χ1) is 16.4. The standard InChI is InChI=1S/C24H25F2N5O3/c1-3-34-24(33)16-13-31(30-14-19(30)18-6-4-5-7-27-18)21-15(23(16)32)12-17(25)22(20(21)26)29-10-8-28(2)9-11-29/h4-7,12-13,19H,3,8-11,14H2,1-2H3. The summed E-state index contributed by atoms with van der Waals surface area (Å²) in [6, 6.07) is 6.38. The van der Waals surface area contributed by atoms with Gasteiger partial charge in [0.05, 0.1) is 24.2 Å². The van der Waals surface area contributed by atoms with E-state index in [1.807, 2.05) is 19.2 Å². The summed E-state index contributed by atoms with van der Waals surface area (Å²) >= 11 is 0. The molecule has 2 saturated heterocycles. The number of ether oxygens (including phenoxy) is 1. The first-order valence-electron chi connectivity index (χ1n) is 11.3. The fourth-order valence-electron chi connectivity index (χ4n) is 4.45. The summed E-state index contributed by atoms with van der Waals surface area (Å²) in [4.78, 5) is 33.7. The molecule has 0 saturated carbocycles. The van der Waals surface area contributed by atoms with Crippen LogP contribution < -0.4 is 15.3 Å². The molecule has 1 unspecified atom stereocenters. The van der Waals surface area contributed by atoms with Crippen LogP contribution in [0, 0.1) is 11.6 Å². The van der Waals surface area contributed by atoms with Gasteiger partial charge in [0.2, 0.25) is 5.43 Å². The van der Waals surface area contributed by atoms with Crippen LogP contribution in [0.4, 0.5) is 14.5 Å². The van der Waals surface area contributed by atoms with E-state index < -0.39 is 23.0 Å². The van der Waals surface area contributed by atoms with E-state index in [4.69, 9.17) is 4.74 Å². The Morgan fingerprint density at radius 2 is 1.97 bits per heavy atom. The highest BCUT2D eigenvalue weighted by Crippen LogP contribution is 2.36. The average molecular weight is 469 g/mol. The molecule has 0 N–H and O–H groups in total. The third kappa shape index (κ3) is 3.77. The molecule has 1 atom stereocenters. The molecule has 34 heavy (non-hydrogen) atoms. The SMILES string of the molecule is CCOC(=O)c1cn(N2CC2c2ccccn2)c2c(F)c(N3CCN(C)CC3)c(F)cc2c1=O. The Hall–Kier alpha value is -3.53. The molecule has 4 heterocycles. The van der Waals surface area contributed by atoms with E-state index in [-0.39, 0.29) is 34.8 Å². The van der Waals surface area contributed by atoms with Gasteiger partial charge in [-0.25, -0.2) is 13.6 Å². The molecule has 2 aliphatic rings. The maximum Gasteiger partial charge on any atom is 0.343 e. The molecule has 0 bridgehead atoms. The Morgan fingerprint density at radius 1 is 1.21 bits per heavy atom. The number of fused-ring (bicyclic) bond motifs is 1. The summed E-state index contributed by atoms with van der Waals surface area (Å²) in [5.74, 6) is -2.48. The quantitative estimate of drug-likeness (QED) is 0.420. The molecule has 178 valence electrons. The molecule has 0 aliphatic carbocycles. The van der Waals surface area contributed by atoms with Gasteiger partial charge in [0.15, 0.2) is 5.82 Å². The van der Waals surface area contributed by atoms with Gasteiger partial charge in [-0.15, -0.1) is 0 Å². The number of rotatable bonds is 5. The molecule has 0 radical (unpaired) electrons. The van der Waals surface area contributed by atoms with E-state index in [9.17, 15) is 9.59 Å². The second-order valence-corrected chi connectivity index (χ2v) is 8.54. The number of carbonyl (C=O) groups is 1. The second-order valence-electron chi connectivity index (χ2n) is 8.54. The van der Waals surface area contributed by atoms with Crippen molar-refractivity contribution < 1.29 is 18.3 Å². The topological polar surface area (TPSA) is 70.7 Å². The van der Waals surface area contributed by atoms with Gasteiger partial charge >= 0.3 is 5.97 Å². The highest BCUT2D eigenvalue weighted by atomic mass is 19.1. The van der Waals surface area contributed by atoms with Crippen LogP contribution in [0.3, 0.4) is 0 Å². The minimum atomic E-state index is -0.830. The lowest BCUT2D eigenvalue weighted by Crippen LogP contribution is -2.45. The van der Waals surface area contributed by atoms with Crippen molar-refractivity contribution in [3.63, 3.8) is 0 Å². The van der Waals surface area contributed by atoms with Gasteiger partial charge in [-0.05, 0) is 32.2 Å². The monoisotopic (exact) mass is 469 g/mol. The van der Waals surface area contributed by atoms with Crippen LogP contribution in [0.1, 0.15) is 29.0 Å². The Labute approximate surface area is 194 Å². The van der Waals surface area contributed by atoms with Gasteiger partial charge in [-0.1, -0.05) is 6.07 Å². The van der Waals surface area contributed by atoms with E-state index in [0.717, 1.165) is 11.8 Å². The molecule has 8 nitrogen and oxygen atoms in total. The summed E-state index contributed by atoms with van der Waals surface area (Å²) in [7, 11) is 1.96. The number of benzene rings is 1. The van der Waals surface area contributed by atoms with Crippen LogP contribution in [0.2, 0.25) is 0 Å². The van der Waals surface area contributed by atoms with Crippen LogP contribution in [0.5, 0.6) is 0 Å². The van der Waals surface area contributed by atoms with Crippen molar-refractivity contribution in [1.29, 1.82) is 0 Å². The van der Waals surface area contributed by atoms with Crippen LogP contribution in [-0.4, -0.2) is 66.9 Å². The highest BCUT2D eigenvalue weighted by molar-refractivity contribution is 5.95. The number of likely N-dealkylation sites (N-methyl/N-ethyl adjacent to an activating group) is 1. The van der Waals surface area contributed by atoms with Crippen molar-refractivity contribution in [1.82, 2.24) is 14.6 Å². The second kappa shape index (κ2) is 8.68. The third-order valence-corrected chi connectivity index (χ3v) is 6.34. The molecule has 0 amide bonds. The molecule has 5 rings (SSSR count). The number of aromatic nitrogens is 2. The maximum atomic E-state index is 16.0. The van der Waals surface area contributed by atoms with Gasteiger partial charge in [0.25, 0.3) is 0 Å². The van der Waals surface area contributed by atoms with Crippen LogP contribution >= 0.6 is 0 Å². The van der Waals surface area contributed by atoms with Crippen LogP contribution in [0.15, 0.2) is 41.5 Å². The fraction of sp³-hybridized carbons (Fsp3) is 0.375. The van der Waals surface area contributed by atoms with Crippen molar-refractivity contribution in [2.75, 3.05) is 56.3 Å². The predicted molar refractivity (Wildman–Crippen MR) is 124 cm³/mol. The lowest BCUT2D eigenvalue weighted by Gasteiger charge is -2.34. The van der Waals surface area contributed by atoms with Crippen molar-refractivity contribution in [2.45, 2.75) is 13.0 Å². The third-order valence-electron chi connectivity index (χ3n) is 6.34. The summed E-state index contributed by atoms with van der Waals surface area (Å²) in [5, 5.41) is 1.58. The minimum Gasteiger partial charge on any atom is -0.462 e. The number of halogens is 2. The lowest BCUT2D eigenvalue weighted by molar-refractivity contribution is 0.0524. The molecule has 1 aromatic carbocycles. The Morgan fingerprint density at radius 3 is 2.65 bits per heavy atom. The fourth-order valence-corrected chi connectivity index (χ4v) is 4.45. The summed E-state index contributed by atoms with van der Waals surface area (Å²) in [5.41, 5.74) is -0.481. The molecule has 2 fully saturated rings. The Balaban J connectivity index is 1.69. The van der Waals surface area contributed by atoms with Crippen LogP contribution in [-0.2, 0) is 4.74 Å². The zero-order chi connectivity index (χ0) is 24.0. The van der Waals surface area contributed by atoms with E-state index >= 15 is 8.78 Å². The van der Waals surface area contributed by atoms with Crippen LogP contribution in [0.25, 0.3) is 10.9 Å². The number of carbonyl (C=O) groups excluding carboxylic acids is 1. The van der Waals surface area contributed by atoms with Gasteiger partial charge < -0.3 is 14.5 Å². The summed E-state index contributed by atoms with van der Waals surface area (Å²) < 4.78 is 37.7. The minimum absolute atomic E-state index is 0.0631. The Bertz CT molecular complexity index is 1310. The predicted octanol–water partition coefficient (Wildman–Crippen LogP) is 2.30. The first kappa shape index (κ1) is 22.3. The number of pyridine rings is 2. The molecule has 10 heteroatoms. The van der Waals surface area contributed by atoms with Crippen molar-refractivity contribution >= 4 is 22.6 Å². The van der Waals surface area contributed by atoms with Gasteiger partial charge in [0, 0.05) is 38.6 Å². The lowest BCUT2D eigenvalue weighted by atomic mass is 10.1. The van der Waals surface area contributed by atoms with E-state index in [1.54, 1.807) is 29.1 Å². The summed E-state index contributed by atoms with van der Waals surface area (Å²) in [6.45, 7) is 4.45. The maximum absolute atomic E-state index is 16.0. The van der Waals surface area contributed by atoms with Gasteiger partial charge in [-0.3, -0.25) is 19.5 Å². The average Bonchev–Trinajstić information content (AvgIpc) is 3.62. The molecular formula is C24H25F2N5O3. The molecule has 0 spiro atoms. The number of piperazine rings is 1. The number of hydrogen-bond donors (Lipinski definition) is 0. The van der Waals surface area contributed by atoms with Gasteiger partial charge in [0.1, 0.15) is 28.6 Å². The number of esters is 1. The normalized spacial score (nSPS) is 18.4. The molecule has 3 aromatic rings. The van der Waals surface area contributed by atoms with E-state index in [0.29, 0.717) is 32.7 Å². The van der Waals surface area contributed by atoms with Crippen molar-refractivity contribution in [2.24, 2.45) is 0 Å². The number of anilines is 1. The van der Waals surface area contributed by atoms with Crippen molar-refractivity contribution in [3.8, 4) is 0 Å². The number of hydrogen-bond acceptors (Lipinski definition) is 7.